The van der Waals surface area contributed by atoms with Gasteiger partial charge in [0.2, 0.25) is 5.91 Å². The van der Waals surface area contributed by atoms with E-state index in [1.165, 1.54) is 18.3 Å². The van der Waals surface area contributed by atoms with E-state index < -0.39 is 0 Å². The molecule has 0 fully saturated rings. The SMILES string of the molecule is CC(=O)N(Cc1ccccc1C#N)c1sc2c(Cl)c(O)ccc2c1C. The smallest absolute Gasteiger partial charge is 0.224 e. The second-order valence-corrected chi connectivity index (χ2v) is 7.06. The molecule has 4 nitrogen and oxygen atoms in total. The molecule has 1 heterocycles. The molecular formula is C19H15ClN2O2S. The number of rotatable bonds is 3. The zero-order chi connectivity index (χ0) is 18.1. The van der Waals surface area contributed by atoms with Gasteiger partial charge in [0.15, 0.2) is 0 Å². The molecule has 1 N–H and O–H groups in total. The molecule has 1 aromatic heterocycles. The first-order valence-electron chi connectivity index (χ1n) is 7.60. The van der Waals surface area contributed by atoms with Gasteiger partial charge in [0.25, 0.3) is 0 Å². The molecule has 1 amide bonds. The van der Waals surface area contributed by atoms with Gasteiger partial charge < -0.3 is 5.11 Å². The summed E-state index contributed by atoms with van der Waals surface area (Å²) in [5, 5.41) is 21.1. The summed E-state index contributed by atoms with van der Waals surface area (Å²) in [4.78, 5) is 13.9. The van der Waals surface area contributed by atoms with Crippen molar-refractivity contribution in [2.75, 3.05) is 4.90 Å². The monoisotopic (exact) mass is 370 g/mol. The summed E-state index contributed by atoms with van der Waals surface area (Å²) in [7, 11) is 0. The number of halogens is 1. The minimum absolute atomic E-state index is 0.0196. The number of fused-ring (bicyclic) bond motifs is 1. The third kappa shape index (κ3) is 3.07. The molecule has 126 valence electrons. The summed E-state index contributed by atoms with van der Waals surface area (Å²) in [5.41, 5.74) is 2.25. The summed E-state index contributed by atoms with van der Waals surface area (Å²) in [5.74, 6) is -0.103. The maximum absolute atomic E-state index is 12.3. The summed E-state index contributed by atoms with van der Waals surface area (Å²) in [6, 6.07) is 12.7. The van der Waals surface area contributed by atoms with Gasteiger partial charge in [-0.15, -0.1) is 11.3 Å². The van der Waals surface area contributed by atoms with Crippen molar-refractivity contribution >= 4 is 43.9 Å². The van der Waals surface area contributed by atoms with Crippen LogP contribution >= 0.6 is 22.9 Å². The Morgan fingerprint density at radius 1 is 1.32 bits per heavy atom. The summed E-state index contributed by atoms with van der Waals surface area (Å²) < 4.78 is 0.744. The quantitative estimate of drug-likeness (QED) is 0.706. The van der Waals surface area contributed by atoms with Crippen LogP contribution in [0.5, 0.6) is 5.75 Å². The number of hydrogen-bond donors (Lipinski definition) is 1. The van der Waals surface area contributed by atoms with Crippen molar-refractivity contribution in [1.82, 2.24) is 0 Å². The second-order valence-electron chi connectivity index (χ2n) is 5.68. The highest BCUT2D eigenvalue weighted by molar-refractivity contribution is 7.23. The lowest BCUT2D eigenvalue weighted by Crippen LogP contribution is -2.27. The predicted octanol–water partition coefficient (Wildman–Crippen LogP) is 4.99. The zero-order valence-electron chi connectivity index (χ0n) is 13.7. The maximum Gasteiger partial charge on any atom is 0.224 e. The van der Waals surface area contributed by atoms with Gasteiger partial charge in [0.1, 0.15) is 15.8 Å². The third-order valence-electron chi connectivity index (χ3n) is 4.09. The van der Waals surface area contributed by atoms with Crippen LogP contribution in [0.15, 0.2) is 36.4 Å². The molecule has 0 bridgehead atoms. The van der Waals surface area contributed by atoms with Crippen molar-refractivity contribution in [3.8, 4) is 11.8 Å². The topological polar surface area (TPSA) is 64.3 Å². The van der Waals surface area contributed by atoms with Crippen molar-refractivity contribution in [3.05, 3.63) is 58.1 Å². The number of benzene rings is 2. The highest BCUT2D eigenvalue weighted by atomic mass is 35.5. The molecule has 0 aliphatic rings. The largest absolute Gasteiger partial charge is 0.506 e. The number of phenols is 1. The maximum atomic E-state index is 12.3. The zero-order valence-corrected chi connectivity index (χ0v) is 15.3. The van der Waals surface area contributed by atoms with Crippen molar-refractivity contribution in [1.29, 1.82) is 5.26 Å². The van der Waals surface area contributed by atoms with Gasteiger partial charge in [-0.25, -0.2) is 0 Å². The van der Waals surface area contributed by atoms with Crippen LogP contribution in [0, 0.1) is 18.3 Å². The number of anilines is 1. The third-order valence-corrected chi connectivity index (χ3v) is 5.93. The van der Waals surface area contributed by atoms with Gasteiger partial charge in [-0.2, -0.15) is 5.26 Å². The van der Waals surface area contributed by atoms with Gasteiger partial charge in [-0.1, -0.05) is 29.8 Å². The molecule has 6 heteroatoms. The first kappa shape index (κ1) is 17.3. The molecular weight excluding hydrogens is 356 g/mol. The number of aromatic hydroxyl groups is 1. The number of carbonyl (C=O) groups is 1. The van der Waals surface area contributed by atoms with Crippen molar-refractivity contribution in [2.45, 2.75) is 20.4 Å². The average molecular weight is 371 g/mol. The normalized spacial score (nSPS) is 10.6. The van der Waals surface area contributed by atoms with Gasteiger partial charge in [0.05, 0.1) is 22.9 Å². The predicted molar refractivity (Wildman–Crippen MR) is 101 cm³/mol. The Kier molecular flexibility index (Phi) is 4.67. The first-order chi connectivity index (χ1) is 11.9. The van der Waals surface area contributed by atoms with Gasteiger partial charge in [0, 0.05) is 6.92 Å². The van der Waals surface area contributed by atoms with E-state index in [4.69, 9.17) is 11.6 Å². The van der Waals surface area contributed by atoms with Crippen LogP contribution in [-0.4, -0.2) is 11.0 Å². The van der Waals surface area contributed by atoms with Gasteiger partial charge >= 0.3 is 0 Å². The number of phenolic OH excluding ortho intramolecular Hbond substituents is 1. The molecule has 0 radical (unpaired) electrons. The molecule has 0 unspecified atom stereocenters. The fourth-order valence-corrected chi connectivity index (χ4v) is 4.32. The fourth-order valence-electron chi connectivity index (χ4n) is 2.75. The molecule has 0 aliphatic carbocycles. The van der Waals surface area contributed by atoms with Gasteiger partial charge in [-0.05, 0) is 41.6 Å². The first-order valence-corrected chi connectivity index (χ1v) is 8.80. The van der Waals surface area contributed by atoms with Crippen molar-refractivity contribution in [3.63, 3.8) is 0 Å². The summed E-state index contributed by atoms with van der Waals surface area (Å²) >= 11 is 7.58. The Balaban J connectivity index is 2.12. The average Bonchev–Trinajstić information content (AvgIpc) is 2.93. The van der Waals surface area contributed by atoms with Crippen molar-refractivity contribution in [2.24, 2.45) is 0 Å². The Morgan fingerprint density at radius 2 is 2.04 bits per heavy atom. The molecule has 3 rings (SSSR count). The molecule has 0 saturated carbocycles. The van der Waals surface area contributed by atoms with E-state index in [2.05, 4.69) is 6.07 Å². The number of aryl methyl sites for hydroxylation is 1. The minimum Gasteiger partial charge on any atom is -0.506 e. The second kappa shape index (κ2) is 6.75. The highest BCUT2D eigenvalue weighted by Crippen LogP contribution is 2.44. The van der Waals surface area contributed by atoms with Crippen LogP contribution in [0.2, 0.25) is 5.02 Å². The fraction of sp³-hybridized carbons (Fsp3) is 0.158. The molecule has 0 spiro atoms. The Hall–Kier alpha value is -2.55. The van der Waals surface area contributed by atoms with Crippen LogP contribution < -0.4 is 4.90 Å². The van der Waals surface area contributed by atoms with E-state index in [1.807, 2.05) is 19.1 Å². The number of nitriles is 1. The molecule has 0 aliphatic heterocycles. The summed E-state index contributed by atoms with van der Waals surface area (Å²) in [6.45, 7) is 3.72. The number of nitrogens with zero attached hydrogens (tertiary/aromatic N) is 2. The number of hydrogen-bond acceptors (Lipinski definition) is 4. The number of amides is 1. The Bertz CT molecular complexity index is 1020. The molecule has 2 aromatic carbocycles. The van der Waals surface area contributed by atoms with Crippen molar-refractivity contribution < 1.29 is 9.90 Å². The Morgan fingerprint density at radius 3 is 2.72 bits per heavy atom. The lowest BCUT2D eigenvalue weighted by atomic mass is 10.1. The van der Waals surface area contributed by atoms with Gasteiger partial charge in [-0.3, -0.25) is 9.69 Å². The molecule has 3 aromatic rings. The number of carbonyl (C=O) groups excluding carboxylic acids is 1. The molecule has 25 heavy (non-hydrogen) atoms. The van der Waals surface area contributed by atoms with Crippen LogP contribution in [0.25, 0.3) is 10.1 Å². The van der Waals surface area contributed by atoms with E-state index in [1.54, 1.807) is 29.2 Å². The standard InChI is InChI=1S/C19H15ClN2O2S/c1-11-15-7-8-16(24)17(20)18(15)25-19(11)22(12(2)23)10-14-6-4-3-5-13(14)9-21/h3-8,24H,10H2,1-2H3. The van der Waals surface area contributed by atoms with Crippen LogP contribution in [0.1, 0.15) is 23.6 Å². The van der Waals surface area contributed by atoms with E-state index in [-0.39, 0.29) is 16.7 Å². The molecule has 0 saturated heterocycles. The Labute approximate surface area is 154 Å². The minimum atomic E-state index is -0.122. The van der Waals surface area contributed by atoms with Crippen LogP contribution in [0.4, 0.5) is 5.00 Å². The van der Waals surface area contributed by atoms with Crippen LogP contribution in [-0.2, 0) is 11.3 Å². The van der Waals surface area contributed by atoms with E-state index in [0.717, 1.165) is 26.2 Å². The van der Waals surface area contributed by atoms with E-state index in [0.29, 0.717) is 12.1 Å². The summed E-state index contributed by atoms with van der Waals surface area (Å²) in [6.07, 6.45) is 0. The lowest BCUT2D eigenvalue weighted by molar-refractivity contribution is -0.116. The number of thiophene rings is 1. The van der Waals surface area contributed by atoms with E-state index in [9.17, 15) is 15.2 Å². The van der Waals surface area contributed by atoms with E-state index >= 15 is 0 Å². The van der Waals surface area contributed by atoms with Crippen LogP contribution in [0.3, 0.4) is 0 Å². The molecule has 0 atom stereocenters. The lowest BCUT2D eigenvalue weighted by Gasteiger charge is -2.21. The highest BCUT2D eigenvalue weighted by Gasteiger charge is 2.21.